The molecule has 0 bridgehead atoms. The molecule has 6 nitrogen and oxygen atoms in total. The average molecular weight is 452 g/mol. The van der Waals surface area contributed by atoms with Crippen LogP contribution in [0.5, 0.6) is 5.75 Å². The lowest BCUT2D eigenvalue weighted by molar-refractivity contribution is -0.118. The second-order valence-electron chi connectivity index (χ2n) is 6.24. The van der Waals surface area contributed by atoms with Gasteiger partial charge in [0.1, 0.15) is 5.75 Å². The van der Waals surface area contributed by atoms with Gasteiger partial charge in [0.15, 0.2) is 6.61 Å². The number of hydrogen-bond acceptors (Lipinski definition) is 5. The van der Waals surface area contributed by atoms with E-state index in [1.807, 2.05) is 30.3 Å². The van der Waals surface area contributed by atoms with Gasteiger partial charge >= 0.3 is 0 Å². The lowest BCUT2D eigenvalue weighted by Crippen LogP contribution is -2.22. The van der Waals surface area contributed by atoms with Crippen LogP contribution in [0, 0.1) is 11.3 Å². The van der Waals surface area contributed by atoms with Gasteiger partial charge in [-0.05, 0) is 42.5 Å². The third-order valence-electron chi connectivity index (χ3n) is 4.03. The average Bonchev–Trinajstić information content (AvgIpc) is 2.78. The third-order valence-corrected chi connectivity index (χ3v) is 5.21. The highest BCUT2D eigenvalue weighted by atomic mass is 35.5. The molecule has 8 heteroatoms. The molecule has 3 aromatic carbocycles. The van der Waals surface area contributed by atoms with Gasteiger partial charge in [-0.1, -0.05) is 41.9 Å². The zero-order valence-corrected chi connectivity index (χ0v) is 17.9. The maximum absolute atomic E-state index is 12.7. The summed E-state index contributed by atoms with van der Waals surface area (Å²) in [6.07, 6.45) is 0. The summed E-state index contributed by atoms with van der Waals surface area (Å²) in [7, 11) is 0. The van der Waals surface area contributed by atoms with Crippen LogP contribution in [0.4, 0.5) is 11.4 Å². The first-order chi connectivity index (χ1) is 15.1. The molecule has 0 fully saturated rings. The first-order valence-electron chi connectivity index (χ1n) is 9.24. The van der Waals surface area contributed by atoms with Crippen molar-refractivity contribution in [3.05, 3.63) is 83.4 Å². The number of thioether (sulfide) groups is 1. The van der Waals surface area contributed by atoms with Gasteiger partial charge in [-0.15, -0.1) is 11.8 Å². The van der Waals surface area contributed by atoms with E-state index < -0.39 is 11.8 Å². The molecule has 156 valence electrons. The Bertz CT molecular complexity index is 1120. The van der Waals surface area contributed by atoms with E-state index in [-0.39, 0.29) is 23.7 Å². The fourth-order valence-electron chi connectivity index (χ4n) is 2.66. The van der Waals surface area contributed by atoms with E-state index in [0.29, 0.717) is 16.4 Å². The minimum absolute atomic E-state index is 0.217. The third kappa shape index (κ3) is 6.51. The Kier molecular flexibility index (Phi) is 7.93. The fourth-order valence-corrected chi connectivity index (χ4v) is 3.50. The summed E-state index contributed by atoms with van der Waals surface area (Å²) in [4.78, 5) is 25.9. The van der Waals surface area contributed by atoms with Crippen molar-refractivity contribution in [2.45, 2.75) is 4.90 Å². The Morgan fingerprint density at radius 2 is 1.74 bits per heavy atom. The molecule has 0 aliphatic heterocycles. The maximum atomic E-state index is 12.7. The topological polar surface area (TPSA) is 91.2 Å². The second-order valence-corrected chi connectivity index (χ2v) is 7.69. The summed E-state index contributed by atoms with van der Waals surface area (Å²) in [6, 6.07) is 22.9. The summed E-state index contributed by atoms with van der Waals surface area (Å²) in [5.74, 6) is -0.287. The van der Waals surface area contributed by atoms with E-state index >= 15 is 0 Å². The molecule has 0 saturated heterocycles. The van der Waals surface area contributed by atoms with Crippen molar-refractivity contribution in [3.8, 4) is 11.8 Å². The number of nitrogens with zero attached hydrogens (tertiary/aromatic N) is 1. The van der Waals surface area contributed by atoms with Gasteiger partial charge in [-0.2, -0.15) is 5.26 Å². The number of rotatable bonds is 8. The number of anilines is 2. The first kappa shape index (κ1) is 22.2. The van der Waals surface area contributed by atoms with E-state index in [1.54, 1.807) is 36.4 Å². The van der Waals surface area contributed by atoms with Crippen LogP contribution >= 0.6 is 23.4 Å². The van der Waals surface area contributed by atoms with Crippen molar-refractivity contribution in [1.29, 1.82) is 5.26 Å². The van der Waals surface area contributed by atoms with Gasteiger partial charge in [0.2, 0.25) is 0 Å². The lowest BCUT2D eigenvalue weighted by atomic mass is 10.2. The molecule has 3 rings (SSSR count). The van der Waals surface area contributed by atoms with Gasteiger partial charge in [0.25, 0.3) is 11.8 Å². The molecule has 0 aromatic heterocycles. The SMILES string of the molecule is N#CCSc1ccccc1NC(=O)COc1ccc(Cl)cc1C(=O)Nc1ccccc1. The lowest BCUT2D eigenvalue weighted by Gasteiger charge is -2.13. The zero-order chi connectivity index (χ0) is 22.1. The van der Waals surface area contributed by atoms with Crippen LogP contribution in [-0.2, 0) is 4.79 Å². The van der Waals surface area contributed by atoms with E-state index in [4.69, 9.17) is 21.6 Å². The largest absolute Gasteiger partial charge is 0.483 e. The van der Waals surface area contributed by atoms with Crippen LogP contribution in [0.15, 0.2) is 77.7 Å². The minimum atomic E-state index is -0.401. The molecule has 0 saturated carbocycles. The smallest absolute Gasteiger partial charge is 0.262 e. The number of hydrogen-bond donors (Lipinski definition) is 2. The van der Waals surface area contributed by atoms with E-state index in [9.17, 15) is 9.59 Å². The minimum Gasteiger partial charge on any atom is -0.483 e. The number of halogens is 1. The van der Waals surface area contributed by atoms with Crippen molar-refractivity contribution < 1.29 is 14.3 Å². The van der Waals surface area contributed by atoms with Crippen molar-refractivity contribution in [2.24, 2.45) is 0 Å². The van der Waals surface area contributed by atoms with Crippen LogP contribution in [0.25, 0.3) is 0 Å². The predicted molar refractivity (Wildman–Crippen MR) is 123 cm³/mol. The number of carbonyl (C=O) groups is 2. The molecule has 0 heterocycles. The van der Waals surface area contributed by atoms with E-state index in [2.05, 4.69) is 16.7 Å². The van der Waals surface area contributed by atoms with Crippen LogP contribution in [0.3, 0.4) is 0 Å². The second kappa shape index (κ2) is 11.1. The van der Waals surface area contributed by atoms with Crippen LogP contribution in [-0.4, -0.2) is 24.2 Å². The highest BCUT2D eigenvalue weighted by Crippen LogP contribution is 2.27. The highest BCUT2D eigenvalue weighted by molar-refractivity contribution is 7.99. The Morgan fingerprint density at radius 3 is 2.52 bits per heavy atom. The molecule has 2 amide bonds. The van der Waals surface area contributed by atoms with E-state index in [0.717, 1.165) is 4.90 Å². The van der Waals surface area contributed by atoms with Gasteiger partial charge in [-0.3, -0.25) is 9.59 Å². The molecule has 0 atom stereocenters. The molecule has 3 aromatic rings. The molecule has 2 N–H and O–H groups in total. The maximum Gasteiger partial charge on any atom is 0.262 e. The van der Waals surface area contributed by atoms with Crippen LogP contribution < -0.4 is 15.4 Å². The normalized spacial score (nSPS) is 10.1. The number of ether oxygens (including phenoxy) is 1. The number of nitrogens with one attached hydrogen (secondary N) is 2. The molecule has 0 radical (unpaired) electrons. The Balaban J connectivity index is 1.67. The fraction of sp³-hybridized carbons (Fsp3) is 0.0870. The summed E-state index contributed by atoms with van der Waals surface area (Å²) >= 11 is 7.38. The van der Waals surface area contributed by atoms with Crippen molar-refractivity contribution in [1.82, 2.24) is 0 Å². The number of amides is 2. The Morgan fingerprint density at radius 1 is 1.00 bits per heavy atom. The number of nitriles is 1. The van der Waals surface area contributed by atoms with Gasteiger partial charge in [-0.25, -0.2) is 0 Å². The van der Waals surface area contributed by atoms with Crippen molar-refractivity contribution in [2.75, 3.05) is 23.0 Å². The Labute approximate surface area is 189 Å². The summed E-state index contributed by atoms with van der Waals surface area (Å²) in [5.41, 5.74) is 1.44. The molecule has 0 aliphatic carbocycles. The summed E-state index contributed by atoms with van der Waals surface area (Å²) < 4.78 is 5.62. The number of benzene rings is 3. The zero-order valence-electron chi connectivity index (χ0n) is 16.3. The highest BCUT2D eigenvalue weighted by Gasteiger charge is 2.15. The van der Waals surface area contributed by atoms with E-state index in [1.165, 1.54) is 17.8 Å². The van der Waals surface area contributed by atoms with Gasteiger partial charge in [0.05, 0.1) is 23.1 Å². The molecule has 0 aliphatic rings. The predicted octanol–water partition coefficient (Wildman–Crippen LogP) is 5.23. The molecular weight excluding hydrogens is 434 g/mol. The van der Waals surface area contributed by atoms with Crippen molar-refractivity contribution in [3.63, 3.8) is 0 Å². The molecule has 0 unspecified atom stereocenters. The number of para-hydroxylation sites is 2. The van der Waals surface area contributed by atoms with Gasteiger partial charge < -0.3 is 15.4 Å². The summed E-state index contributed by atoms with van der Waals surface area (Å²) in [5, 5.41) is 14.7. The summed E-state index contributed by atoms with van der Waals surface area (Å²) in [6.45, 7) is -0.301. The monoisotopic (exact) mass is 451 g/mol. The first-order valence-corrected chi connectivity index (χ1v) is 10.6. The van der Waals surface area contributed by atoms with Gasteiger partial charge in [0, 0.05) is 15.6 Å². The standard InChI is InChI=1S/C23H18ClN3O3S/c24-16-10-11-20(18(14-16)23(29)26-17-6-2-1-3-7-17)30-15-22(28)27-19-8-4-5-9-21(19)31-13-12-25/h1-11,14H,13,15H2,(H,26,29)(H,27,28). The molecular formula is C23H18ClN3O3S. The van der Waals surface area contributed by atoms with Crippen LogP contribution in [0.2, 0.25) is 5.02 Å². The molecule has 0 spiro atoms. The van der Waals surface area contributed by atoms with Crippen molar-refractivity contribution >= 4 is 46.6 Å². The van der Waals surface area contributed by atoms with Crippen LogP contribution in [0.1, 0.15) is 10.4 Å². The molecule has 31 heavy (non-hydrogen) atoms. The Hall–Kier alpha value is -3.47. The quantitative estimate of drug-likeness (QED) is 0.458. The number of carbonyl (C=O) groups excluding carboxylic acids is 2.